The minimum atomic E-state index is -0.0383. The van der Waals surface area contributed by atoms with Crippen LogP contribution in [0.25, 0.3) is 0 Å². The molecule has 5 heteroatoms. The lowest BCUT2D eigenvalue weighted by molar-refractivity contribution is -0.0794. The number of carbonyl (C=O) groups is 1. The fourth-order valence-corrected chi connectivity index (χ4v) is 6.50. The Balaban J connectivity index is 1.48. The van der Waals surface area contributed by atoms with Gasteiger partial charge in [0.15, 0.2) is 0 Å². The molecule has 5 rings (SSSR count). The van der Waals surface area contributed by atoms with E-state index in [1.165, 1.54) is 24.9 Å². The van der Waals surface area contributed by atoms with Crippen LogP contribution in [-0.2, 0) is 10.2 Å². The van der Waals surface area contributed by atoms with Crippen LogP contribution in [0.3, 0.4) is 0 Å². The van der Waals surface area contributed by atoms with Crippen molar-refractivity contribution in [3.63, 3.8) is 0 Å². The SMILES string of the molecule is COc1cccc([C@@]23CCN(CC4CC4)C[C@H]2C(OC)C[C@@H](N(C)C(=O)c2ccccc2)C3)c1. The Morgan fingerprint density at radius 1 is 1.12 bits per heavy atom. The van der Waals surface area contributed by atoms with Crippen molar-refractivity contribution in [1.29, 1.82) is 0 Å². The molecule has 2 aromatic carbocycles. The van der Waals surface area contributed by atoms with Gasteiger partial charge in [0.25, 0.3) is 5.91 Å². The van der Waals surface area contributed by atoms with Crippen molar-refractivity contribution in [1.82, 2.24) is 9.80 Å². The van der Waals surface area contributed by atoms with Gasteiger partial charge in [0.05, 0.1) is 13.2 Å². The second-order valence-electron chi connectivity index (χ2n) is 10.6. The second-order valence-corrected chi connectivity index (χ2v) is 10.6. The molecule has 3 fully saturated rings. The highest BCUT2D eigenvalue weighted by Gasteiger charge is 2.53. The predicted octanol–water partition coefficient (Wildman–Crippen LogP) is 4.61. The molecule has 4 atom stereocenters. The van der Waals surface area contributed by atoms with E-state index in [0.29, 0.717) is 5.92 Å². The molecule has 0 N–H and O–H groups in total. The Kier molecular flexibility index (Phi) is 6.67. The molecule has 1 heterocycles. The first-order valence-electron chi connectivity index (χ1n) is 12.8. The van der Waals surface area contributed by atoms with Gasteiger partial charge in [0.1, 0.15) is 5.75 Å². The van der Waals surface area contributed by atoms with Crippen molar-refractivity contribution in [2.45, 2.75) is 49.7 Å². The summed E-state index contributed by atoms with van der Waals surface area (Å²) >= 11 is 0. The number of methoxy groups -OCH3 is 2. The first-order valence-corrected chi connectivity index (χ1v) is 12.8. The Bertz CT molecular complexity index is 992. The minimum absolute atomic E-state index is 0.0383. The van der Waals surface area contributed by atoms with E-state index >= 15 is 0 Å². The Morgan fingerprint density at radius 3 is 2.62 bits per heavy atom. The highest BCUT2D eigenvalue weighted by atomic mass is 16.5. The molecular weight excluding hydrogens is 424 g/mol. The van der Waals surface area contributed by atoms with Gasteiger partial charge in [-0.05, 0) is 74.4 Å². The fraction of sp³-hybridized carbons (Fsp3) is 0.552. The van der Waals surface area contributed by atoms with E-state index < -0.39 is 0 Å². The van der Waals surface area contributed by atoms with Crippen molar-refractivity contribution < 1.29 is 14.3 Å². The molecule has 5 nitrogen and oxygen atoms in total. The summed E-state index contributed by atoms with van der Waals surface area (Å²) in [5.41, 5.74) is 2.04. The van der Waals surface area contributed by atoms with Crippen LogP contribution in [0.1, 0.15) is 48.0 Å². The Morgan fingerprint density at radius 2 is 1.91 bits per heavy atom. The van der Waals surface area contributed by atoms with Gasteiger partial charge >= 0.3 is 0 Å². The van der Waals surface area contributed by atoms with Gasteiger partial charge in [-0.15, -0.1) is 0 Å². The average molecular weight is 463 g/mol. The van der Waals surface area contributed by atoms with Gasteiger partial charge in [0, 0.05) is 50.2 Å². The molecule has 1 unspecified atom stereocenters. The molecule has 1 saturated heterocycles. The van der Waals surface area contributed by atoms with Crippen LogP contribution in [0.4, 0.5) is 0 Å². The van der Waals surface area contributed by atoms with Gasteiger partial charge in [-0.25, -0.2) is 0 Å². The summed E-state index contributed by atoms with van der Waals surface area (Å²) in [6.45, 7) is 3.38. The van der Waals surface area contributed by atoms with Gasteiger partial charge in [0.2, 0.25) is 0 Å². The van der Waals surface area contributed by atoms with Gasteiger partial charge in [-0.3, -0.25) is 4.79 Å². The number of fused-ring (bicyclic) bond motifs is 1. The number of nitrogens with zero attached hydrogens (tertiary/aromatic N) is 2. The third-order valence-corrected chi connectivity index (χ3v) is 8.64. The largest absolute Gasteiger partial charge is 0.497 e. The smallest absolute Gasteiger partial charge is 0.253 e. The molecule has 3 aliphatic rings. The standard InChI is InChI=1S/C29H38N2O3/c1-30(28(32)22-8-5-4-6-9-22)24-17-27(34-3)26-20-31(19-21-12-13-21)15-14-29(26,18-24)23-10-7-11-25(16-23)33-2/h4-11,16,21,24,26-27H,12-15,17-20H2,1-3H3/t24-,26+,27?,29+/m1/s1. The first-order chi connectivity index (χ1) is 16.5. The number of amides is 1. The predicted molar refractivity (Wildman–Crippen MR) is 134 cm³/mol. The molecule has 2 aromatic rings. The number of piperidine rings is 1. The maximum Gasteiger partial charge on any atom is 0.253 e. The summed E-state index contributed by atoms with van der Waals surface area (Å²) in [5, 5.41) is 0. The van der Waals surface area contributed by atoms with E-state index in [2.05, 4.69) is 23.1 Å². The maximum absolute atomic E-state index is 13.4. The fourth-order valence-electron chi connectivity index (χ4n) is 6.50. The Hall–Kier alpha value is -2.37. The Labute approximate surface area is 204 Å². The van der Waals surface area contributed by atoms with E-state index in [0.717, 1.165) is 49.6 Å². The number of hydrogen-bond donors (Lipinski definition) is 0. The molecule has 1 amide bonds. The summed E-state index contributed by atoms with van der Waals surface area (Å²) in [7, 11) is 5.55. The van der Waals surface area contributed by atoms with E-state index in [-0.39, 0.29) is 23.5 Å². The zero-order valence-electron chi connectivity index (χ0n) is 20.8. The molecule has 0 aromatic heterocycles. The number of rotatable bonds is 7. The van der Waals surface area contributed by atoms with Crippen LogP contribution in [0.2, 0.25) is 0 Å². The van der Waals surface area contributed by atoms with Crippen LogP contribution in [0.5, 0.6) is 5.75 Å². The van der Waals surface area contributed by atoms with E-state index in [4.69, 9.17) is 9.47 Å². The lowest BCUT2D eigenvalue weighted by Crippen LogP contribution is -2.61. The van der Waals surface area contributed by atoms with E-state index in [1.54, 1.807) is 7.11 Å². The molecule has 182 valence electrons. The second kappa shape index (κ2) is 9.71. The summed E-state index contributed by atoms with van der Waals surface area (Å²) in [4.78, 5) is 18.0. The van der Waals surface area contributed by atoms with Crippen LogP contribution in [0.15, 0.2) is 54.6 Å². The highest BCUT2D eigenvalue weighted by Crippen LogP contribution is 2.51. The number of hydrogen-bond acceptors (Lipinski definition) is 4. The van der Waals surface area contributed by atoms with E-state index in [1.807, 2.05) is 55.5 Å². The number of carbonyl (C=O) groups excluding carboxylic acids is 1. The van der Waals surface area contributed by atoms with Crippen molar-refractivity contribution in [3.05, 3.63) is 65.7 Å². The van der Waals surface area contributed by atoms with Gasteiger partial charge in [-0.2, -0.15) is 0 Å². The van der Waals surface area contributed by atoms with Crippen molar-refractivity contribution >= 4 is 5.91 Å². The maximum atomic E-state index is 13.4. The average Bonchev–Trinajstić information content (AvgIpc) is 3.71. The highest BCUT2D eigenvalue weighted by molar-refractivity contribution is 5.94. The third-order valence-electron chi connectivity index (χ3n) is 8.64. The molecule has 2 aliphatic carbocycles. The molecular formula is C29H38N2O3. The minimum Gasteiger partial charge on any atom is -0.497 e. The van der Waals surface area contributed by atoms with Crippen molar-refractivity contribution in [3.8, 4) is 5.75 Å². The summed E-state index contributed by atoms with van der Waals surface area (Å²) in [6.07, 6.45) is 5.78. The molecule has 0 spiro atoms. The first kappa shape index (κ1) is 23.4. The van der Waals surface area contributed by atoms with Crippen molar-refractivity contribution in [2.24, 2.45) is 11.8 Å². The van der Waals surface area contributed by atoms with Crippen LogP contribution >= 0.6 is 0 Å². The van der Waals surface area contributed by atoms with E-state index in [9.17, 15) is 4.79 Å². The van der Waals surface area contributed by atoms with Crippen LogP contribution < -0.4 is 4.74 Å². The summed E-state index contributed by atoms with van der Waals surface area (Å²) < 4.78 is 11.8. The molecule has 1 aliphatic heterocycles. The number of likely N-dealkylation sites (tertiary alicyclic amines) is 1. The zero-order chi connectivity index (χ0) is 23.7. The summed E-state index contributed by atoms with van der Waals surface area (Å²) in [5.74, 6) is 2.27. The number of ether oxygens (including phenoxy) is 2. The van der Waals surface area contributed by atoms with Crippen LogP contribution in [0, 0.1) is 11.8 Å². The molecule has 0 radical (unpaired) electrons. The lowest BCUT2D eigenvalue weighted by atomic mass is 9.56. The normalized spacial score (nSPS) is 29.3. The zero-order valence-corrected chi connectivity index (χ0v) is 20.8. The van der Waals surface area contributed by atoms with Gasteiger partial charge in [-0.1, -0.05) is 30.3 Å². The molecule has 34 heavy (non-hydrogen) atoms. The quantitative estimate of drug-likeness (QED) is 0.602. The third kappa shape index (κ3) is 4.48. The van der Waals surface area contributed by atoms with Crippen molar-refractivity contribution in [2.75, 3.05) is 40.9 Å². The number of benzene rings is 2. The van der Waals surface area contributed by atoms with Gasteiger partial charge < -0.3 is 19.3 Å². The topological polar surface area (TPSA) is 42.0 Å². The molecule has 0 bridgehead atoms. The molecule has 2 saturated carbocycles. The monoisotopic (exact) mass is 462 g/mol. The summed E-state index contributed by atoms with van der Waals surface area (Å²) in [6, 6.07) is 18.4. The van der Waals surface area contributed by atoms with Crippen LogP contribution in [-0.4, -0.2) is 68.8 Å². The lowest BCUT2D eigenvalue weighted by Gasteiger charge is -2.56.